The predicted octanol–water partition coefficient (Wildman–Crippen LogP) is 2.62. The second-order valence-corrected chi connectivity index (χ2v) is 7.21. The summed E-state index contributed by atoms with van der Waals surface area (Å²) in [6.07, 6.45) is 3.70. The number of rotatable bonds is 4. The molecule has 3 rings (SSSR count). The van der Waals surface area contributed by atoms with E-state index in [4.69, 9.17) is 11.6 Å². The van der Waals surface area contributed by atoms with Crippen LogP contribution in [0, 0.1) is 11.7 Å². The molecule has 1 aromatic rings. The molecule has 0 saturated carbocycles. The molecule has 2 fully saturated rings. The van der Waals surface area contributed by atoms with Crippen LogP contribution >= 0.6 is 24.0 Å². The van der Waals surface area contributed by atoms with E-state index in [1.54, 1.807) is 4.90 Å². The molecule has 2 aliphatic rings. The van der Waals surface area contributed by atoms with Gasteiger partial charge in [0.25, 0.3) is 5.91 Å². The average Bonchev–Trinajstić information content (AvgIpc) is 3.14. The fourth-order valence-electron chi connectivity index (χ4n) is 3.53. The number of halogens is 3. The molecule has 2 heterocycles. The Bertz CT molecular complexity index is 653. The highest BCUT2D eigenvalue weighted by Crippen LogP contribution is 2.21. The Kier molecular flexibility index (Phi) is 7.68. The Morgan fingerprint density at radius 1 is 1.31 bits per heavy atom. The molecule has 2 atom stereocenters. The lowest BCUT2D eigenvalue weighted by molar-refractivity contribution is -0.123. The predicted molar refractivity (Wildman–Crippen MR) is 101 cm³/mol. The summed E-state index contributed by atoms with van der Waals surface area (Å²) in [6.45, 7) is 2.56. The molecule has 2 aliphatic heterocycles. The molecule has 2 N–H and O–H groups in total. The lowest BCUT2D eigenvalue weighted by atomic mass is 9.97. The minimum absolute atomic E-state index is 0. The quantitative estimate of drug-likeness (QED) is 0.811. The number of hydrogen-bond acceptors (Lipinski definition) is 3. The molecule has 2 unspecified atom stereocenters. The van der Waals surface area contributed by atoms with Gasteiger partial charge >= 0.3 is 0 Å². The third kappa shape index (κ3) is 5.09. The first-order chi connectivity index (χ1) is 12.0. The average molecular weight is 404 g/mol. The third-order valence-corrected chi connectivity index (χ3v) is 5.14. The van der Waals surface area contributed by atoms with Gasteiger partial charge in [0.15, 0.2) is 0 Å². The number of nitrogens with one attached hydrogen (secondary N) is 2. The van der Waals surface area contributed by atoms with E-state index in [9.17, 15) is 14.0 Å². The molecule has 8 heteroatoms. The maximum Gasteiger partial charge on any atom is 0.256 e. The number of carbonyl (C=O) groups excluding carboxylic acids is 2. The van der Waals surface area contributed by atoms with Crippen LogP contribution in [0.25, 0.3) is 0 Å². The van der Waals surface area contributed by atoms with Gasteiger partial charge in [0.2, 0.25) is 5.91 Å². The van der Waals surface area contributed by atoms with Gasteiger partial charge in [-0.05, 0) is 56.3 Å². The van der Waals surface area contributed by atoms with Gasteiger partial charge in [-0.25, -0.2) is 4.39 Å². The largest absolute Gasteiger partial charge is 0.354 e. The number of nitrogens with zero attached hydrogens (tertiary/aromatic N) is 1. The topological polar surface area (TPSA) is 61.4 Å². The molecular weight excluding hydrogens is 380 g/mol. The van der Waals surface area contributed by atoms with Crippen LogP contribution in [-0.4, -0.2) is 48.9 Å². The number of carbonyl (C=O) groups is 2. The number of hydrogen-bond donors (Lipinski definition) is 2. The summed E-state index contributed by atoms with van der Waals surface area (Å²) in [5, 5.41) is 6.43. The summed E-state index contributed by atoms with van der Waals surface area (Å²) in [4.78, 5) is 26.3. The summed E-state index contributed by atoms with van der Waals surface area (Å²) >= 11 is 5.75. The van der Waals surface area contributed by atoms with Gasteiger partial charge in [0.1, 0.15) is 5.82 Å². The second kappa shape index (κ2) is 9.53. The van der Waals surface area contributed by atoms with Crippen LogP contribution < -0.4 is 10.6 Å². The smallest absolute Gasteiger partial charge is 0.256 e. The number of likely N-dealkylation sites (tertiary alicyclic amines) is 1. The van der Waals surface area contributed by atoms with E-state index in [0.29, 0.717) is 19.6 Å². The Hall–Kier alpha value is -1.37. The van der Waals surface area contributed by atoms with Gasteiger partial charge in [-0.1, -0.05) is 11.6 Å². The van der Waals surface area contributed by atoms with Crippen molar-refractivity contribution < 1.29 is 14.0 Å². The molecule has 2 amide bonds. The van der Waals surface area contributed by atoms with Crippen molar-refractivity contribution in [1.29, 1.82) is 0 Å². The first-order valence-corrected chi connectivity index (χ1v) is 9.18. The fraction of sp³-hybridized carbons (Fsp3) is 0.556. The van der Waals surface area contributed by atoms with Crippen molar-refractivity contribution in [2.45, 2.75) is 31.7 Å². The molecule has 26 heavy (non-hydrogen) atoms. The summed E-state index contributed by atoms with van der Waals surface area (Å²) < 4.78 is 14.0. The van der Waals surface area contributed by atoms with Crippen LogP contribution in [0.4, 0.5) is 4.39 Å². The molecule has 0 radical (unpaired) electrons. The van der Waals surface area contributed by atoms with Crippen LogP contribution in [-0.2, 0) is 4.79 Å². The van der Waals surface area contributed by atoms with Crippen LogP contribution in [0.1, 0.15) is 36.0 Å². The van der Waals surface area contributed by atoms with Crippen molar-refractivity contribution >= 4 is 35.8 Å². The van der Waals surface area contributed by atoms with E-state index in [0.717, 1.165) is 38.3 Å². The van der Waals surface area contributed by atoms with Gasteiger partial charge in [-0.2, -0.15) is 0 Å². The molecule has 0 spiro atoms. The molecule has 0 bridgehead atoms. The lowest BCUT2D eigenvalue weighted by Crippen LogP contribution is -2.46. The van der Waals surface area contributed by atoms with Crippen molar-refractivity contribution in [1.82, 2.24) is 15.5 Å². The zero-order valence-corrected chi connectivity index (χ0v) is 16.0. The maximum atomic E-state index is 14.0. The summed E-state index contributed by atoms with van der Waals surface area (Å²) in [7, 11) is 0. The zero-order valence-electron chi connectivity index (χ0n) is 14.5. The van der Waals surface area contributed by atoms with Crippen LogP contribution in [0.3, 0.4) is 0 Å². The Morgan fingerprint density at radius 2 is 2.12 bits per heavy atom. The van der Waals surface area contributed by atoms with Gasteiger partial charge < -0.3 is 15.5 Å². The highest BCUT2D eigenvalue weighted by atomic mass is 35.5. The normalized spacial score (nSPS) is 22.6. The lowest BCUT2D eigenvalue weighted by Gasteiger charge is -2.33. The Morgan fingerprint density at radius 3 is 2.81 bits per heavy atom. The van der Waals surface area contributed by atoms with E-state index < -0.39 is 5.82 Å². The van der Waals surface area contributed by atoms with Crippen molar-refractivity contribution in [2.75, 3.05) is 26.2 Å². The Labute approximate surface area is 164 Å². The monoisotopic (exact) mass is 403 g/mol. The maximum absolute atomic E-state index is 14.0. The van der Waals surface area contributed by atoms with Crippen molar-refractivity contribution in [3.63, 3.8) is 0 Å². The standard InChI is InChI=1S/C18H23ClFN3O2.ClH/c19-13-5-6-14(15(20)9-13)18(25)23-8-2-3-12(11-23)10-22-17(24)16-4-1-7-21-16;/h5-6,9,12,16,21H,1-4,7-8,10-11H2,(H,22,24);1H. The van der Waals surface area contributed by atoms with E-state index in [1.807, 2.05) is 0 Å². The van der Waals surface area contributed by atoms with Gasteiger partial charge in [-0.15, -0.1) is 12.4 Å². The van der Waals surface area contributed by atoms with Crippen molar-refractivity contribution in [3.8, 4) is 0 Å². The second-order valence-electron chi connectivity index (χ2n) is 6.78. The van der Waals surface area contributed by atoms with E-state index in [1.165, 1.54) is 12.1 Å². The number of piperidine rings is 1. The van der Waals surface area contributed by atoms with Crippen LogP contribution in [0.15, 0.2) is 18.2 Å². The number of amides is 2. The van der Waals surface area contributed by atoms with E-state index >= 15 is 0 Å². The summed E-state index contributed by atoms with van der Waals surface area (Å²) in [5.74, 6) is -0.689. The van der Waals surface area contributed by atoms with Crippen LogP contribution in [0.5, 0.6) is 0 Å². The highest BCUT2D eigenvalue weighted by Gasteiger charge is 2.27. The number of benzene rings is 1. The first kappa shape index (κ1) is 20.9. The van der Waals surface area contributed by atoms with Gasteiger partial charge in [-0.3, -0.25) is 9.59 Å². The van der Waals surface area contributed by atoms with Gasteiger partial charge in [0, 0.05) is 24.7 Å². The van der Waals surface area contributed by atoms with Crippen molar-refractivity contribution in [2.24, 2.45) is 5.92 Å². The minimum Gasteiger partial charge on any atom is -0.354 e. The van der Waals surface area contributed by atoms with E-state index in [-0.39, 0.29) is 46.8 Å². The van der Waals surface area contributed by atoms with Gasteiger partial charge in [0.05, 0.1) is 11.6 Å². The zero-order chi connectivity index (χ0) is 17.8. The fourth-order valence-corrected chi connectivity index (χ4v) is 3.68. The molecule has 2 saturated heterocycles. The summed E-state index contributed by atoms with van der Waals surface area (Å²) in [5.41, 5.74) is 0.0456. The molecule has 0 aliphatic carbocycles. The first-order valence-electron chi connectivity index (χ1n) is 8.80. The van der Waals surface area contributed by atoms with Crippen LogP contribution in [0.2, 0.25) is 5.02 Å². The molecule has 144 valence electrons. The molecular formula is C18H24Cl2FN3O2. The molecule has 1 aromatic carbocycles. The third-order valence-electron chi connectivity index (χ3n) is 4.91. The van der Waals surface area contributed by atoms with Crippen molar-refractivity contribution in [3.05, 3.63) is 34.6 Å². The van der Waals surface area contributed by atoms with E-state index in [2.05, 4.69) is 10.6 Å². The SMILES string of the molecule is Cl.O=C(NCC1CCCN(C(=O)c2ccc(Cl)cc2F)C1)C1CCCN1. The molecule has 5 nitrogen and oxygen atoms in total. The minimum atomic E-state index is -0.597. The Balaban J connectivity index is 0.00000243. The molecule has 0 aromatic heterocycles. The highest BCUT2D eigenvalue weighted by molar-refractivity contribution is 6.30. The summed E-state index contributed by atoms with van der Waals surface area (Å²) in [6, 6.07) is 4.01.